The van der Waals surface area contributed by atoms with Gasteiger partial charge < -0.3 is 19.1 Å². The van der Waals surface area contributed by atoms with Crippen LogP contribution >= 0.6 is 0 Å². The average molecular weight is 472 g/mol. The first-order valence-electron chi connectivity index (χ1n) is 10.7. The van der Waals surface area contributed by atoms with Crippen molar-refractivity contribution in [1.82, 2.24) is 0 Å². The molecule has 9 heteroatoms. The molecule has 0 saturated carbocycles. The minimum absolute atomic E-state index is 0.0131. The maximum atomic E-state index is 13.2. The summed E-state index contributed by atoms with van der Waals surface area (Å²) in [6.07, 6.45) is -1.82. The molecule has 0 fully saturated rings. The van der Waals surface area contributed by atoms with Crippen molar-refractivity contribution in [1.29, 1.82) is 0 Å². The van der Waals surface area contributed by atoms with Crippen LogP contribution in [0.1, 0.15) is 23.5 Å². The maximum absolute atomic E-state index is 13.2. The molecule has 0 aliphatic carbocycles. The molecule has 0 amide bonds. The predicted molar refractivity (Wildman–Crippen MR) is 125 cm³/mol. The Hall–Kier alpha value is -4.50. The standard InChI is InChI=1S/C26H20N2O7/c1-33-25(29)21-22(26(30)34-2)27-20-10-6-5-8-18(20)17-7-3-4-9-19(17)24(27)35-23(21)15-11-13-16(14-12-15)28(31)32/h3-14,23-24H,1-2H3/t23-,24-/m1/s1. The molecule has 35 heavy (non-hydrogen) atoms. The number of nitro benzene ring substituents is 1. The molecular formula is C26H20N2O7. The molecule has 2 aliphatic rings. The molecule has 176 valence electrons. The molecule has 9 nitrogen and oxygen atoms in total. The van der Waals surface area contributed by atoms with E-state index in [-0.39, 0.29) is 17.0 Å². The number of benzene rings is 3. The second kappa shape index (κ2) is 8.69. The highest BCUT2D eigenvalue weighted by atomic mass is 16.6. The third-order valence-corrected chi connectivity index (χ3v) is 6.13. The molecule has 2 aliphatic heterocycles. The Bertz CT molecular complexity index is 1380. The fourth-order valence-corrected chi connectivity index (χ4v) is 4.59. The summed E-state index contributed by atoms with van der Waals surface area (Å²) in [6, 6.07) is 20.8. The van der Waals surface area contributed by atoms with Gasteiger partial charge in [0.25, 0.3) is 5.69 Å². The van der Waals surface area contributed by atoms with Gasteiger partial charge in [0.1, 0.15) is 17.4 Å². The fraction of sp³-hybridized carbons (Fsp3) is 0.154. The number of rotatable bonds is 4. The van der Waals surface area contributed by atoms with Gasteiger partial charge in [-0.15, -0.1) is 0 Å². The smallest absolute Gasteiger partial charge is 0.355 e. The van der Waals surface area contributed by atoms with Crippen molar-refractivity contribution in [2.75, 3.05) is 19.1 Å². The van der Waals surface area contributed by atoms with Crippen LogP contribution in [0.2, 0.25) is 0 Å². The molecule has 2 heterocycles. The SMILES string of the molecule is COC(=O)C1=C(C(=O)OC)N2c3ccccc3-c3ccccc3[C@H]2O[C@@H]1c1ccc([N+](=O)[O-])cc1. The Balaban J connectivity index is 1.80. The molecule has 0 spiro atoms. The number of ether oxygens (including phenoxy) is 3. The molecule has 5 rings (SSSR count). The normalized spacial score (nSPS) is 18.2. The molecule has 2 atom stereocenters. The number of nitrogens with zero attached hydrogens (tertiary/aromatic N) is 2. The van der Waals surface area contributed by atoms with Crippen LogP contribution in [0, 0.1) is 10.1 Å². The van der Waals surface area contributed by atoms with Gasteiger partial charge in [-0.05, 0) is 29.3 Å². The molecule has 3 aromatic rings. The lowest BCUT2D eigenvalue weighted by molar-refractivity contribution is -0.384. The zero-order valence-electron chi connectivity index (χ0n) is 18.8. The van der Waals surface area contributed by atoms with Crippen LogP contribution in [0.25, 0.3) is 11.1 Å². The lowest BCUT2D eigenvalue weighted by atomic mass is 9.88. The number of carbonyl (C=O) groups is 2. The second-order valence-electron chi connectivity index (χ2n) is 7.94. The highest BCUT2D eigenvalue weighted by Gasteiger charge is 2.47. The topological polar surface area (TPSA) is 108 Å². The van der Waals surface area contributed by atoms with Gasteiger partial charge in [-0.2, -0.15) is 0 Å². The Morgan fingerprint density at radius 2 is 1.51 bits per heavy atom. The quantitative estimate of drug-likeness (QED) is 0.311. The average Bonchev–Trinajstić information content (AvgIpc) is 2.91. The fourth-order valence-electron chi connectivity index (χ4n) is 4.59. The number of hydrogen-bond donors (Lipinski definition) is 0. The number of anilines is 1. The van der Waals surface area contributed by atoms with Crippen LogP contribution in [-0.2, 0) is 23.8 Å². The van der Waals surface area contributed by atoms with Crippen molar-refractivity contribution >= 4 is 23.3 Å². The van der Waals surface area contributed by atoms with Crippen molar-refractivity contribution in [3.05, 3.63) is 105 Å². The largest absolute Gasteiger partial charge is 0.466 e. The number of nitro groups is 1. The maximum Gasteiger partial charge on any atom is 0.355 e. The van der Waals surface area contributed by atoms with E-state index in [1.54, 1.807) is 4.90 Å². The van der Waals surface area contributed by atoms with Crippen molar-refractivity contribution in [3.63, 3.8) is 0 Å². The highest BCUT2D eigenvalue weighted by Crippen LogP contribution is 2.52. The van der Waals surface area contributed by atoms with E-state index in [2.05, 4.69) is 0 Å². The minimum atomic E-state index is -1.04. The molecular weight excluding hydrogens is 452 g/mol. The van der Waals surface area contributed by atoms with Crippen molar-refractivity contribution < 1.29 is 28.7 Å². The number of non-ortho nitro benzene ring substituents is 1. The highest BCUT2D eigenvalue weighted by molar-refractivity contribution is 6.06. The molecule has 0 aromatic heterocycles. The summed E-state index contributed by atoms with van der Waals surface area (Å²) >= 11 is 0. The number of methoxy groups -OCH3 is 2. The van der Waals surface area contributed by atoms with Gasteiger partial charge in [-0.1, -0.05) is 42.5 Å². The first-order valence-corrected chi connectivity index (χ1v) is 10.7. The molecule has 0 saturated heterocycles. The van der Waals surface area contributed by atoms with E-state index in [1.807, 2.05) is 48.5 Å². The van der Waals surface area contributed by atoms with Crippen LogP contribution in [0.5, 0.6) is 0 Å². The number of esters is 2. The van der Waals surface area contributed by atoms with E-state index in [0.717, 1.165) is 16.7 Å². The van der Waals surface area contributed by atoms with Gasteiger partial charge in [0.2, 0.25) is 0 Å². The molecule has 0 bridgehead atoms. The van der Waals surface area contributed by atoms with Crippen LogP contribution in [0.4, 0.5) is 11.4 Å². The predicted octanol–water partition coefficient (Wildman–Crippen LogP) is 4.45. The van der Waals surface area contributed by atoms with Gasteiger partial charge in [0.15, 0.2) is 6.23 Å². The van der Waals surface area contributed by atoms with Crippen molar-refractivity contribution in [3.8, 4) is 11.1 Å². The van der Waals surface area contributed by atoms with Gasteiger partial charge in [-0.25, -0.2) is 9.59 Å². The van der Waals surface area contributed by atoms with Gasteiger partial charge in [0, 0.05) is 23.3 Å². The summed E-state index contributed by atoms with van der Waals surface area (Å²) in [6.45, 7) is 0. The van der Waals surface area contributed by atoms with E-state index < -0.39 is 29.2 Å². The van der Waals surface area contributed by atoms with Crippen LogP contribution in [-0.4, -0.2) is 31.1 Å². The van der Waals surface area contributed by atoms with E-state index in [9.17, 15) is 19.7 Å². The first-order chi connectivity index (χ1) is 17.0. The van der Waals surface area contributed by atoms with E-state index in [4.69, 9.17) is 14.2 Å². The molecule has 0 radical (unpaired) electrons. The summed E-state index contributed by atoms with van der Waals surface area (Å²) < 4.78 is 16.7. The molecule has 0 N–H and O–H groups in total. The summed E-state index contributed by atoms with van der Waals surface area (Å²) in [5, 5.41) is 11.2. The Labute approximate surface area is 200 Å². The second-order valence-corrected chi connectivity index (χ2v) is 7.94. The van der Waals surface area contributed by atoms with E-state index in [0.29, 0.717) is 11.3 Å². The zero-order valence-corrected chi connectivity index (χ0v) is 18.8. The Morgan fingerprint density at radius 1 is 0.886 bits per heavy atom. The van der Waals surface area contributed by atoms with Crippen molar-refractivity contribution in [2.24, 2.45) is 0 Å². The number of hydrogen-bond acceptors (Lipinski definition) is 8. The number of fused-ring (bicyclic) bond motifs is 6. The van der Waals surface area contributed by atoms with E-state index >= 15 is 0 Å². The lowest BCUT2D eigenvalue weighted by Gasteiger charge is -2.45. The molecule has 3 aromatic carbocycles. The Morgan fingerprint density at radius 3 is 2.17 bits per heavy atom. The van der Waals surface area contributed by atoms with Gasteiger partial charge in [0.05, 0.1) is 24.8 Å². The van der Waals surface area contributed by atoms with Crippen LogP contribution in [0.3, 0.4) is 0 Å². The molecule has 0 unspecified atom stereocenters. The third-order valence-electron chi connectivity index (χ3n) is 6.13. The lowest BCUT2D eigenvalue weighted by Crippen LogP contribution is -2.44. The first kappa shape index (κ1) is 22.3. The minimum Gasteiger partial charge on any atom is -0.466 e. The number of para-hydroxylation sites is 1. The van der Waals surface area contributed by atoms with Crippen LogP contribution in [0.15, 0.2) is 84.1 Å². The summed E-state index contributed by atoms with van der Waals surface area (Å²) in [5.41, 5.74) is 3.52. The summed E-state index contributed by atoms with van der Waals surface area (Å²) in [7, 11) is 2.45. The third kappa shape index (κ3) is 3.53. The van der Waals surface area contributed by atoms with Crippen molar-refractivity contribution in [2.45, 2.75) is 12.3 Å². The van der Waals surface area contributed by atoms with Gasteiger partial charge >= 0.3 is 11.9 Å². The van der Waals surface area contributed by atoms with Gasteiger partial charge in [-0.3, -0.25) is 10.1 Å². The zero-order chi connectivity index (χ0) is 24.7. The van der Waals surface area contributed by atoms with Crippen LogP contribution < -0.4 is 4.90 Å². The summed E-state index contributed by atoms with van der Waals surface area (Å²) in [4.78, 5) is 38.6. The monoisotopic (exact) mass is 472 g/mol. The Kier molecular flexibility index (Phi) is 5.54. The van der Waals surface area contributed by atoms with E-state index in [1.165, 1.54) is 38.5 Å². The summed E-state index contributed by atoms with van der Waals surface area (Å²) in [5.74, 6) is -1.51. The number of carbonyl (C=O) groups excluding carboxylic acids is 2.